The molecule has 4 aliphatic rings. The van der Waals surface area contributed by atoms with E-state index < -0.39 is 0 Å². The van der Waals surface area contributed by atoms with Gasteiger partial charge in [-0.25, -0.2) is 0 Å². The molecule has 136 valence electrons. The number of piperidine rings is 1. The van der Waals surface area contributed by atoms with Gasteiger partial charge in [-0.1, -0.05) is 18.2 Å². The third kappa shape index (κ3) is 3.08. The molecule has 1 N–H and O–H groups in total. The van der Waals surface area contributed by atoms with E-state index in [0.717, 1.165) is 38.7 Å². The molecule has 0 unspecified atom stereocenters. The molecular weight excluding hydrogens is 316 g/mol. The van der Waals surface area contributed by atoms with E-state index in [4.69, 9.17) is 14.2 Å². The quantitative estimate of drug-likeness (QED) is 0.902. The monoisotopic (exact) mass is 344 g/mol. The molecule has 0 radical (unpaired) electrons. The minimum Gasteiger partial charge on any atom is -0.485 e. The normalized spacial score (nSPS) is 30.2. The van der Waals surface area contributed by atoms with Gasteiger partial charge in [0.1, 0.15) is 11.9 Å². The van der Waals surface area contributed by atoms with Gasteiger partial charge >= 0.3 is 0 Å². The third-order valence-electron chi connectivity index (χ3n) is 6.39. The lowest BCUT2D eigenvalue weighted by molar-refractivity contribution is -0.0801. The van der Waals surface area contributed by atoms with Crippen LogP contribution in [0.1, 0.15) is 30.7 Å². The van der Waals surface area contributed by atoms with Crippen molar-refractivity contribution in [3.63, 3.8) is 0 Å². The van der Waals surface area contributed by atoms with Gasteiger partial charge in [0.15, 0.2) is 0 Å². The molecule has 0 saturated carbocycles. The van der Waals surface area contributed by atoms with E-state index in [9.17, 15) is 0 Å². The summed E-state index contributed by atoms with van der Waals surface area (Å²) in [4.78, 5) is 2.66. The molecule has 4 fully saturated rings. The van der Waals surface area contributed by atoms with Crippen LogP contribution in [0.25, 0.3) is 0 Å². The maximum atomic E-state index is 6.15. The zero-order valence-electron chi connectivity index (χ0n) is 14.8. The zero-order valence-corrected chi connectivity index (χ0v) is 14.8. The molecular formula is C20H28N2O3. The van der Waals surface area contributed by atoms with Crippen molar-refractivity contribution in [1.29, 1.82) is 0 Å². The van der Waals surface area contributed by atoms with Crippen LogP contribution in [0.4, 0.5) is 0 Å². The van der Waals surface area contributed by atoms with Crippen molar-refractivity contribution in [2.45, 2.75) is 42.9 Å². The van der Waals surface area contributed by atoms with Gasteiger partial charge in [-0.2, -0.15) is 0 Å². The van der Waals surface area contributed by atoms with Crippen LogP contribution in [-0.4, -0.2) is 68.6 Å². The van der Waals surface area contributed by atoms with Crippen LogP contribution in [0.5, 0.6) is 5.75 Å². The summed E-state index contributed by atoms with van der Waals surface area (Å²) in [6.07, 6.45) is 3.86. The summed E-state index contributed by atoms with van der Waals surface area (Å²) >= 11 is 0. The second kappa shape index (κ2) is 6.54. The minimum atomic E-state index is 0.160. The van der Waals surface area contributed by atoms with Gasteiger partial charge in [-0.15, -0.1) is 0 Å². The zero-order chi connectivity index (χ0) is 16.7. The highest BCUT2D eigenvalue weighted by atomic mass is 16.6. The fourth-order valence-corrected chi connectivity index (χ4v) is 4.67. The molecule has 0 bridgehead atoms. The summed E-state index contributed by atoms with van der Waals surface area (Å²) in [5.74, 6) is 1.67. The van der Waals surface area contributed by atoms with Gasteiger partial charge in [-0.05, 0) is 49.9 Å². The minimum absolute atomic E-state index is 0.160. The molecule has 1 aromatic carbocycles. The van der Waals surface area contributed by atoms with Gasteiger partial charge in [0, 0.05) is 19.1 Å². The molecule has 0 aromatic heterocycles. The molecule has 5 nitrogen and oxygen atoms in total. The third-order valence-corrected chi connectivity index (χ3v) is 6.39. The van der Waals surface area contributed by atoms with Crippen LogP contribution in [0.15, 0.2) is 24.3 Å². The van der Waals surface area contributed by atoms with E-state index in [1.165, 1.54) is 37.9 Å². The maximum absolute atomic E-state index is 6.15. The van der Waals surface area contributed by atoms with Gasteiger partial charge < -0.3 is 19.5 Å². The van der Waals surface area contributed by atoms with Crippen LogP contribution in [0.3, 0.4) is 0 Å². The smallest absolute Gasteiger partial charge is 0.145 e. The molecule has 0 aliphatic carbocycles. The van der Waals surface area contributed by atoms with Gasteiger partial charge in [0.25, 0.3) is 0 Å². The Bertz CT molecular complexity index is 607. The SMILES string of the molecule is c1ccc(C2CCN([C@@H]3COC4(CNC4)C3)CC2)c(OC2COC2)c1. The Kier molecular flexibility index (Phi) is 4.20. The van der Waals surface area contributed by atoms with Crippen molar-refractivity contribution in [2.24, 2.45) is 0 Å². The van der Waals surface area contributed by atoms with Gasteiger partial charge in [0.05, 0.1) is 25.4 Å². The van der Waals surface area contributed by atoms with Crippen LogP contribution < -0.4 is 10.1 Å². The number of benzene rings is 1. The van der Waals surface area contributed by atoms with Crippen LogP contribution >= 0.6 is 0 Å². The Hall–Kier alpha value is -1.14. The van der Waals surface area contributed by atoms with Crippen molar-refractivity contribution >= 4 is 0 Å². The highest BCUT2D eigenvalue weighted by Crippen LogP contribution is 2.38. The molecule has 1 spiro atoms. The highest BCUT2D eigenvalue weighted by Gasteiger charge is 2.47. The first-order valence-corrected chi connectivity index (χ1v) is 9.73. The topological polar surface area (TPSA) is 43.0 Å². The predicted molar refractivity (Wildman–Crippen MR) is 95.2 cm³/mol. The average Bonchev–Trinajstić information content (AvgIpc) is 3.05. The highest BCUT2D eigenvalue weighted by molar-refractivity contribution is 5.37. The lowest BCUT2D eigenvalue weighted by Gasteiger charge is -2.40. The van der Waals surface area contributed by atoms with E-state index in [-0.39, 0.29) is 11.7 Å². The number of likely N-dealkylation sites (tertiary alicyclic amines) is 1. The first kappa shape index (κ1) is 16.1. The lowest BCUT2D eigenvalue weighted by atomic mass is 9.86. The number of nitrogens with one attached hydrogen (secondary N) is 1. The van der Waals surface area contributed by atoms with E-state index >= 15 is 0 Å². The summed E-state index contributed by atoms with van der Waals surface area (Å²) in [6.45, 7) is 6.78. The van der Waals surface area contributed by atoms with Gasteiger partial charge in [-0.3, -0.25) is 4.90 Å². The molecule has 0 amide bonds. The summed E-state index contributed by atoms with van der Waals surface area (Å²) in [5.41, 5.74) is 1.55. The first-order chi connectivity index (χ1) is 12.3. The summed E-state index contributed by atoms with van der Waals surface area (Å²) in [6, 6.07) is 9.21. The van der Waals surface area contributed by atoms with Crippen molar-refractivity contribution in [3.05, 3.63) is 29.8 Å². The van der Waals surface area contributed by atoms with E-state index in [0.29, 0.717) is 12.0 Å². The van der Waals surface area contributed by atoms with Gasteiger partial charge in [0.2, 0.25) is 0 Å². The Balaban J connectivity index is 1.20. The van der Waals surface area contributed by atoms with Crippen molar-refractivity contribution in [1.82, 2.24) is 10.2 Å². The predicted octanol–water partition coefficient (Wildman–Crippen LogP) is 1.77. The number of nitrogens with zero attached hydrogens (tertiary/aromatic N) is 1. The Morgan fingerprint density at radius 1 is 1.08 bits per heavy atom. The molecule has 4 heterocycles. The van der Waals surface area contributed by atoms with Crippen molar-refractivity contribution in [2.75, 3.05) is 46.0 Å². The Morgan fingerprint density at radius 2 is 1.88 bits per heavy atom. The van der Waals surface area contributed by atoms with Crippen molar-refractivity contribution in [3.8, 4) is 5.75 Å². The van der Waals surface area contributed by atoms with Crippen LogP contribution in [-0.2, 0) is 9.47 Å². The van der Waals surface area contributed by atoms with E-state index in [1.54, 1.807) is 0 Å². The van der Waals surface area contributed by atoms with E-state index in [1.807, 2.05) is 0 Å². The van der Waals surface area contributed by atoms with Crippen LogP contribution in [0.2, 0.25) is 0 Å². The van der Waals surface area contributed by atoms with E-state index in [2.05, 4.69) is 34.5 Å². The molecule has 5 heteroatoms. The number of ether oxygens (including phenoxy) is 3. The number of hydrogen-bond acceptors (Lipinski definition) is 5. The summed E-state index contributed by atoms with van der Waals surface area (Å²) in [7, 11) is 0. The summed E-state index contributed by atoms with van der Waals surface area (Å²) < 4.78 is 17.5. The maximum Gasteiger partial charge on any atom is 0.145 e. The number of hydrogen-bond donors (Lipinski definition) is 1. The van der Waals surface area contributed by atoms with Crippen molar-refractivity contribution < 1.29 is 14.2 Å². The molecule has 25 heavy (non-hydrogen) atoms. The Labute approximate surface area is 149 Å². The standard InChI is InChI=1S/C20H28N2O3/c1-2-4-19(25-17-11-23-12-17)18(3-1)15-5-7-22(8-6-15)16-9-20(24-10-16)13-21-14-20/h1-4,15-17,21H,5-14H2/t16-/m0/s1. The molecule has 4 aliphatic heterocycles. The lowest BCUT2D eigenvalue weighted by Crippen LogP contribution is -2.59. The Morgan fingerprint density at radius 3 is 2.52 bits per heavy atom. The largest absolute Gasteiger partial charge is 0.485 e. The number of para-hydroxylation sites is 1. The average molecular weight is 344 g/mol. The molecule has 1 atom stereocenters. The summed E-state index contributed by atoms with van der Waals surface area (Å²) in [5, 5.41) is 3.36. The molecule has 4 saturated heterocycles. The fraction of sp³-hybridized carbons (Fsp3) is 0.700. The molecule has 1 aromatic rings. The van der Waals surface area contributed by atoms with Crippen LogP contribution in [0, 0.1) is 0 Å². The number of rotatable bonds is 4. The second-order valence-electron chi connectivity index (χ2n) is 8.08. The fourth-order valence-electron chi connectivity index (χ4n) is 4.67. The molecule has 5 rings (SSSR count). The second-order valence-corrected chi connectivity index (χ2v) is 8.08. The first-order valence-electron chi connectivity index (χ1n) is 9.73.